The molecular weight excluding hydrogens is 277 g/mol. The Balaban J connectivity index is 2.16. The van der Waals surface area contributed by atoms with Gasteiger partial charge in [-0.25, -0.2) is 4.98 Å². The molecule has 3 nitrogen and oxygen atoms in total. The number of hydrogen-bond donors (Lipinski definition) is 1. The van der Waals surface area contributed by atoms with Crippen LogP contribution in [0.2, 0.25) is 0 Å². The third kappa shape index (κ3) is 8.18. The van der Waals surface area contributed by atoms with Gasteiger partial charge >= 0.3 is 6.18 Å². The second kappa shape index (κ2) is 7.81. The maximum Gasteiger partial charge on any atom is 0.389 e. The molecule has 1 heterocycles. The standard InChI is InChI=1S/C12H19F3N2OS/c1-9(2)16-6-11-17-10(8-19-11)7-18-5-3-4-12(13,14)15/h8-9,16H,3-7H2,1-2H3. The quantitative estimate of drug-likeness (QED) is 0.746. The largest absolute Gasteiger partial charge is 0.389 e. The van der Waals surface area contributed by atoms with E-state index in [-0.39, 0.29) is 19.6 Å². The van der Waals surface area contributed by atoms with Gasteiger partial charge in [-0.1, -0.05) is 13.8 Å². The number of hydrogen-bond acceptors (Lipinski definition) is 4. The average Bonchev–Trinajstić information content (AvgIpc) is 2.72. The van der Waals surface area contributed by atoms with Crippen LogP contribution in [0.3, 0.4) is 0 Å². The predicted octanol–water partition coefficient (Wildman–Crippen LogP) is 3.50. The highest BCUT2D eigenvalue weighted by molar-refractivity contribution is 7.09. The Morgan fingerprint density at radius 1 is 1.42 bits per heavy atom. The van der Waals surface area contributed by atoms with Gasteiger partial charge < -0.3 is 10.1 Å². The number of nitrogens with zero attached hydrogens (tertiary/aromatic N) is 1. The van der Waals surface area contributed by atoms with E-state index in [9.17, 15) is 13.2 Å². The molecule has 0 aliphatic rings. The van der Waals surface area contributed by atoms with Gasteiger partial charge in [0, 0.05) is 31.0 Å². The molecule has 0 saturated carbocycles. The van der Waals surface area contributed by atoms with Gasteiger partial charge in [0.1, 0.15) is 5.01 Å². The Morgan fingerprint density at radius 3 is 2.79 bits per heavy atom. The normalized spacial score (nSPS) is 12.3. The highest BCUT2D eigenvalue weighted by Crippen LogP contribution is 2.21. The van der Waals surface area contributed by atoms with E-state index in [1.165, 1.54) is 11.3 Å². The van der Waals surface area contributed by atoms with Crippen molar-refractivity contribution in [1.29, 1.82) is 0 Å². The molecule has 1 aromatic rings. The molecule has 1 N–H and O–H groups in total. The minimum atomic E-state index is -4.10. The molecule has 7 heteroatoms. The molecule has 0 aliphatic heterocycles. The van der Waals surface area contributed by atoms with Crippen molar-refractivity contribution >= 4 is 11.3 Å². The zero-order chi connectivity index (χ0) is 14.3. The van der Waals surface area contributed by atoms with Crippen molar-refractivity contribution in [3.05, 3.63) is 16.1 Å². The molecule has 1 rings (SSSR count). The van der Waals surface area contributed by atoms with Crippen molar-refractivity contribution < 1.29 is 17.9 Å². The Labute approximate surface area is 115 Å². The van der Waals surface area contributed by atoms with Crippen molar-refractivity contribution in [1.82, 2.24) is 10.3 Å². The molecule has 0 saturated heterocycles. The number of ether oxygens (including phenoxy) is 1. The highest BCUT2D eigenvalue weighted by Gasteiger charge is 2.25. The van der Waals surface area contributed by atoms with E-state index in [0.29, 0.717) is 12.6 Å². The first kappa shape index (κ1) is 16.4. The van der Waals surface area contributed by atoms with Gasteiger partial charge in [-0.3, -0.25) is 0 Å². The molecule has 0 bridgehead atoms. The lowest BCUT2D eigenvalue weighted by Crippen LogP contribution is -2.21. The molecule has 0 unspecified atom stereocenters. The molecule has 110 valence electrons. The van der Waals surface area contributed by atoms with Crippen molar-refractivity contribution in [2.75, 3.05) is 6.61 Å². The first-order chi connectivity index (χ1) is 8.87. The smallest absolute Gasteiger partial charge is 0.375 e. The summed E-state index contributed by atoms with van der Waals surface area (Å²) in [5.74, 6) is 0. The average molecular weight is 296 g/mol. The maximum atomic E-state index is 11.9. The molecule has 0 spiro atoms. The van der Waals surface area contributed by atoms with Crippen LogP contribution in [0.4, 0.5) is 13.2 Å². The highest BCUT2D eigenvalue weighted by atomic mass is 32.1. The number of nitrogens with one attached hydrogen (secondary N) is 1. The zero-order valence-electron chi connectivity index (χ0n) is 11.1. The Morgan fingerprint density at radius 2 is 2.16 bits per heavy atom. The van der Waals surface area contributed by atoms with Gasteiger partial charge in [0.2, 0.25) is 0 Å². The number of halogens is 3. The first-order valence-electron chi connectivity index (χ1n) is 6.18. The van der Waals surface area contributed by atoms with Crippen LogP contribution in [0.15, 0.2) is 5.38 Å². The molecule has 0 aromatic carbocycles. The molecular formula is C12H19F3N2OS. The molecule has 0 amide bonds. The Bertz CT molecular complexity index is 366. The maximum absolute atomic E-state index is 11.9. The summed E-state index contributed by atoms with van der Waals surface area (Å²) in [5, 5.41) is 6.09. The van der Waals surface area contributed by atoms with Crippen molar-refractivity contribution in [2.24, 2.45) is 0 Å². The van der Waals surface area contributed by atoms with E-state index in [4.69, 9.17) is 4.74 Å². The topological polar surface area (TPSA) is 34.2 Å². The van der Waals surface area contributed by atoms with Crippen LogP contribution in [0.25, 0.3) is 0 Å². The predicted molar refractivity (Wildman–Crippen MR) is 69.0 cm³/mol. The van der Waals surface area contributed by atoms with Crippen molar-refractivity contribution in [2.45, 2.75) is 52.1 Å². The van der Waals surface area contributed by atoms with Crippen LogP contribution >= 0.6 is 11.3 Å². The summed E-state index contributed by atoms with van der Waals surface area (Å²) in [4.78, 5) is 4.34. The van der Waals surface area contributed by atoms with E-state index in [1.807, 2.05) is 5.38 Å². The van der Waals surface area contributed by atoms with E-state index in [0.717, 1.165) is 10.7 Å². The molecule has 0 radical (unpaired) electrons. The van der Waals surface area contributed by atoms with Crippen LogP contribution in [0.5, 0.6) is 0 Å². The van der Waals surface area contributed by atoms with Gasteiger partial charge in [0.15, 0.2) is 0 Å². The number of thiazole rings is 1. The van der Waals surface area contributed by atoms with Gasteiger partial charge in [0.25, 0.3) is 0 Å². The second-order valence-corrected chi connectivity index (χ2v) is 5.48. The lowest BCUT2D eigenvalue weighted by molar-refractivity contribution is -0.138. The lowest BCUT2D eigenvalue weighted by Gasteiger charge is -2.06. The SMILES string of the molecule is CC(C)NCc1nc(COCCCC(F)(F)F)cs1. The summed E-state index contributed by atoms with van der Waals surface area (Å²) in [6.07, 6.45) is -4.90. The summed E-state index contributed by atoms with van der Waals surface area (Å²) in [7, 11) is 0. The molecule has 0 aliphatic carbocycles. The van der Waals surface area contributed by atoms with Crippen molar-refractivity contribution in [3.8, 4) is 0 Å². The monoisotopic (exact) mass is 296 g/mol. The van der Waals surface area contributed by atoms with Crippen LogP contribution in [0, 0.1) is 0 Å². The number of alkyl halides is 3. The Hall–Kier alpha value is -0.660. The van der Waals surface area contributed by atoms with Gasteiger partial charge in [-0.15, -0.1) is 11.3 Å². The fourth-order valence-electron chi connectivity index (χ4n) is 1.34. The van der Waals surface area contributed by atoms with E-state index in [2.05, 4.69) is 24.1 Å². The van der Waals surface area contributed by atoms with Crippen LogP contribution in [-0.4, -0.2) is 23.8 Å². The third-order valence-corrected chi connectivity index (χ3v) is 3.16. The van der Waals surface area contributed by atoms with Crippen LogP contribution in [-0.2, 0) is 17.9 Å². The third-order valence-electron chi connectivity index (χ3n) is 2.26. The summed E-state index contributed by atoms with van der Waals surface area (Å²) in [5.41, 5.74) is 0.776. The first-order valence-corrected chi connectivity index (χ1v) is 7.06. The van der Waals surface area contributed by atoms with E-state index < -0.39 is 12.6 Å². The lowest BCUT2D eigenvalue weighted by atomic mass is 10.3. The van der Waals surface area contributed by atoms with Gasteiger partial charge in [-0.05, 0) is 6.42 Å². The zero-order valence-corrected chi connectivity index (χ0v) is 11.9. The second-order valence-electron chi connectivity index (χ2n) is 4.54. The summed E-state index contributed by atoms with van der Waals surface area (Å²) < 4.78 is 40.8. The fraction of sp³-hybridized carbons (Fsp3) is 0.750. The van der Waals surface area contributed by atoms with Crippen molar-refractivity contribution in [3.63, 3.8) is 0 Å². The molecule has 1 aromatic heterocycles. The summed E-state index contributed by atoms with van der Waals surface area (Å²) >= 11 is 1.53. The van der Waals surface area contributed by atoms with Crippen LogP contribution in [0.1, 0.15) is 37.4 Å². The van der Waals surface area contributed by atoms with E-state index in [1.54, 1.807) is 0 Å². The van der Waals surface area contributed by atoms with Gasteiger partial charge in [-0.2, -0.15) is 13.2 Å². The van der Waals surface area contributed by atoms with Crippen LogP contribution < -0.4 is 5.32 Å². The minimum Gasteiger partial charge on any atom is -0.375 e. The Kier molecular flexibility index (Phi) is 6.74. The number of rotatable bonds is 8. The molecule has 0 fully saturated rings. The minimum absolute atomic E-state index is 0.00456. The molecule has 0 atom stereocenters. The number of aromatic nitrogens is 1. The van der Waals surface area contributed by atoms with E-state index >= 15 is 0 Å². The summed E-state index contributed by atoms with van der Waals surface area (Å²) in [6.45, 7) is 5.19. The summed E-state index contributed by atoms with van der Waals surface area (Å²) in [6, 6.07) is 0.394. The fourth-order valence-corrected chi connectivity index (χ4v) is 2.07. The van der Waals surface area contributed by atoms with Gasteiger partial charge in [0.05, 0.1) is 12.3 Å². The molecule has 19 heavy (non-hydrogen) atoms.